The molecule has 0 radical (unpaired) electrons. The van der Waals surface area contributed by atoms with Gasteiger partial charge in [0.15, 0.2) is 6.29 Å². The van der Waals surface area contributed by atoms with E-state index >= 15 is 0 Å². The monoisotopic (exact) mass is 114 g/mol. The van der Waals surface area contributed by atoms with E-state index in [0.717, 1.165) is 0 Å². The molecule has 1 N–H and O–H groups in total. The normalized spacial score (nSPS) is 37.8. The minimum absolute atomic E-state index is 0.0822. The zero-order valence-electron chi connectivity index (χ0n) is 4.87. The van der Waals surface area contributed by atoms with Crippen molar-refractivity contribution in [1.29, 1.82) is 0 Å². The van der Waals surface area contributed by atoms with Gasteiger partial charge in [-0.1, -0.05) is 12.2 Å². The second kappa shape index (κ2) is 2.29. The van der Waals surface area contributed by atoms with Gasteiger partial charge >= 0.3 is 0 Å². The van der Waals surface area contributed by atoms with Crippen LogP contribution in [0, 0.1) is 0 Å². The Balaban J connectivity index is 2.42. The number of aliphatic hydroxyl groups is 1. The first-order chi connectivity index (χ1) is 3.79. The van der Waals surface area contributed by atoms with Gasteiger partial charge in [-0.05, 0) is 6.92 Å². The Morgan fingerprint density at radius 1 is 1.75 bits per heavy atom. The molecule has 1 aliphatic rings. The molecule has 0 saturated carbocycles. The van der Waals surface area contributed by atoms with Crippen LogP contribution in [-0.4, -0.2) is 17.5 Å². The number of hydrogen-bond acceptors (Lipinski definition) is 2. The zero-order chi connectivity index (χ0) is 5.98. The molecule has 2 atom stereocenters. The average Bonchev–Trinajstić information content (AvgIpc) is 1.64. The van der Waals surface area contributed by atoms with E-state index in [0.29, 0.717) is 6.42 Å². The van der Waals surface area contributed by atoms with E-state index in [2.05, 4.69) is 0 Å². The predicted molar refractivity (Wildman–Crippen MR) is 30.3 cm³/mol. The standard InChI is InChI=1S/C6H10O2/c1-5-3-2-4-6(7)8-5/h2-3,5-7H,4H2,1H3/t5?,6-/m1/s1. The SMILES string of the molecule is CC1C=CC[C@H](O)O1. The van der Waals surface area contributed by atoms with Crippen molar-refractivity contribution in [3.63, 3.8) is 0 Å². The van der Waals surface area contributed by atoms with Crippen LogP contribution < -0.4 is 0 Å². The van der Waals surface area contributed by atoms with E-state index < -0.39 is 6.29 Å². The van der Waals surface area contributed by atoms with Gasteiger partial charge in [0, 0.05) is 6.42 Å². The van der Waals surface area contributed by atoms with Crippen molar-refractivity contribution in [2.75, 3.05) is 0 Å². The molecule has 1 aliphatic heterocycles. The number of aliphatic hydroxyl groups excluding tert-OH is 1. The van der Waals surface area contributed by atoms with Gasteiger partial charge in [-0.15, -0.1) is 0 Å². The maximum atomic E-state index is 8.81. The Labute approximate surface area is 48.8 Å². The Bertz CT molecular complexity index is 98.7. The molecule has 0 aliphatic carbocycles. The van der Waals surface area contributed by atoms with Gasteiger partial charge in [0.2, 0.25) is 0 Å². The third-order valence-corrected chi connectivity index (χ3v) is 1.12. The van der Waals surface area contributed by atoms with Crippen LogP contribution in [0.2, 0.25) is 0 Å². The number of hydrogen-bond donors (Lipinski definition) is 1. The molecule has 2 nitrogen and oxygen atoms in total. The topological polar surface area (TPSA) is 29.5 Å². The van der Waals surface area contributed by atoms with Crippen LogP contribution >= 0.6 is 0 Å². The van der Waals surface area contributed by atoms with E-state index in [-0.39, 0.29) is 6.10 Å². The first kappa shape index (κ1) is 5.79. The summed E-state index contributed by atoms with van der Waals surface area (Å²) in [6, 6.07) is 0. The van der Waals surface area contributed by atoms with E-state index in [1.807, 2.05) is 19.1 Å². The van der Waals surface area contributed by atoms with Gasteiger partial charge in [0.25, 0.3) is 0 Å². The molecule has 1 heterocycles. The van der Waals surface area contributed by atoms with Crippen molar-refractivity contribution >= 4 is 0 Å². The molecule has 0 bridgehead atoms. The molecule has 0 spiro atoms. The van der Waals surface area contributed by atoms with E-state index in [1.54, 1.807) is 0 Å². The van der Waals surface area contributed by atoms with E-state index in [4.69, 9.17) is 9.84 Å². The van der Waals surface area contributed by atoms with Gasteiger partial charge in [-0.2, -0.15) is 0 Å². The molecule has 2 heteroatoms. The minimum Gasteiger partial charge on any atom is -0.368 e. The van der Waals surface area contributed by atoms with Crippen LogP contribution in [0.25, 0.3) is 0 Å². The molecule has 0 aromatic heterocycles. The summed E-state index contributed by atoms with van der Waals surface area (Å²) in [5.41, 5.74) is 0. The summed E-state index contributed by atoms with van der Waals surface area (Å²) in [5, 5.41) is 8.81. The molecule has 0 aromatic rings. The summed E-state index contributed by atoms with van der Waals surface area (Å²) in [6.45, 7) is 1.90. The second-order valence-corrected chi connectivity index (χ2v) is 1.96. The predicted octanol–water partition coefficient (Wildman–Crippen LogP) is 0.670. The summed E-state index contributed by atoms with van der Waals surface area (Å²) in [4.78, 5) is 0. The molecule has 1 rings (SSSR count). The molecule has 0 fully saturated rings. The summed E-state index contributed by atoms with van der Waals surface area (Å²) < 4.78 is 4.95. The van der Waals surface area contributed by atoms with Gasteiger partial charge in [-0.25, -0.2) is 0 Å². The highest BCUT2D eigenvalue weighted by Gasteiger charge is 2.09. The van der Waals surface area contributed by atoms with E-state index in [9.17, 15) is 0 Å². The van der Waals surface area contributed by atoms with Gasteiger partial charge < -0.3 is 9.84 Å². The van der Waals surface area contributed by atoms with Gasteiger partial charge in [0.1, 0.15) is 0 Å². The maximum Gasteiger partial charge on any atom is 0.158 e. The largest absolute Gasteiger partial charge is 0.368 e. The zero-order valence-corrected chi connectivity index (χ0v) is 4.87. The third-order valence-electron chi connectivity index (χ3n) is 1.12. The molecule has 1 unspecified atom stereocenters. The molecule has 8 heavy (non-hydrogen) atoms. The van der Waals surface area contributed by atoms with Crippen molar-refractivity contribution in [1.82, 2.24) is 0 Å². The highest BCUT2D eigenvalue weighted by Crippen LogP contribution is 2.07. The number of rotatable bonds is 0. The lowest BCUT2D eigenvalue weighted by Gasteiger charge is -2.17. The van der Waals surface area contributed by atoms with Crippen molar-refractivity contribution in [2.24, 2.45) is 0 Å². The number of ether oxygens (including phenoxy) is 1. The molecular formula is C6H10O2. The van der Waals surface area contributed by atoms with Crippen molar-refractivity contribution < 1.29 is 9.84 Å². The smallest absolute Gasteiger partial charge is 0.158 e. The third kappa shape index (κ3) is 1.32. The van der Waals surface area contributed by atoms with Crippen molar-refractivity contribution in [3.8, 4) is 0 Å². The quantitative estimate of drug-likeness (QED) is 0.469. The first-order valence-corrected chi connectivity index (χ1v) is 2.79. The summed E-state index contributed by atoms with van der Waals surface area (Å²) >= 11 is 0. The lowest BCUT2D eigenvalue weighted by molar-refractivity contribution is -0.120. The highest BCUT2D eigenvalue weighted by atomic mass is 16.6. The van der Waals surface area contributed by atoms with Crippen LogP contribution in [0.5, 0.6) is 0 Å². The minimum atomic E-state index is -0.574. The second-order valence-electron chi connectivity index (χ2n) is 1.96. The Kier molecular flexibility index (Phi) is 1.65. The van der Waals surface area contributed by atoms with Gasteiger partial charge in [-0.3, -0.25) is 0 Å². The fourth-order valence-electron chi connectivity index (χ4n) is 0.735. The van der Waals surface area contributed by atoms with Crippen molar-refractivity contribution in [3.05, 3.63) is 12.2 Å². The molecule has 46 valence electrons. The fraction of sp³-hybridized carbons (Fsp3) is 0.667. The van der Waals surface area contributed by atoms with Crippen LogP contribution in [-0.2, 0) is 4.74 Å². The average molecular weight is 114 g/mol. The van der Waals surface area contributed by atoms with Crippen molar-refractivity contribution in [2.45, 2.75) is 25.7 Å². The Morgan fingerprint density at radius 3 is 2.88 bits per heavy atom. The van der Waals surface area contributed by atoms with Crippen LogP contribution in [0.1, 0.15) is 13.3 Å². The highest BCUT2D eigenvalue weighted by molar-refractivity contribution is 4.91. The summed E-state index contributed by atoms with van der Waals surface area (Å²) in [7, 11) is 0. The summed E-state index contributed by atoms with van der Waals surface area (Å²) in [5.74, 6) is 0. The summed E-state index contributed by atoms with van der Waals surface area (Å²) in [6.07, 6.45) is 4.00. The molecule has 0 amide bonds. The molecule has 0 aromatic carbocycles. The van der Waals surface area contributed by atoms with Crippen LogP contribution in [0.3, 0.4) is 0 Å². The van der Waals surface area contributed by atoms with E-state index in [1.165, 1.54) is 0 Å². The van der Waals surface area contributed by atoms with Gasteiger partial charge in [0.05, 0.1) is 6.10 Å². The lowest BCUT2D eigenvalue weighted by Crippen LogP contribution is -2.20. The maximum absolute atomic E-state index is 8.81. The Morgan fingerprint density at radius 2 is 2.50 bits per heavy atom. The molecular weight excluding hydrogens is 104 g/mol. The Hall–Kier alpha value is -0.340. The van der Waals surface area contributed by atoms with Crippen LogP contribution in [0.4, 0.5) is 0 Å². The lowest BCUT2D eigenvalue weighted by atomic mass is 10.2. The van der Waals surface area contributed by atoms with Crippen LogP contribution in [0.15, 0.2) is 12.2 Å². The fourth-order valence-corrected chi connectivity index (χ4v) is 0.735. The molecule has 0 saturated heterocycles. The first-order valence-electron chi connectivity index (χ1n) is 2.79.